The lowest BCUT2D eigenvalue weighted by Crippen LogP contribution is -2.16. The molecular weight excluding hydrogens is 331 g/mol. The number of aromatic hydroxyl groups is 1. The molecular formula is C16H19FN4O2S. The van der Waals surface area contributed by atoms with E-state index in [-0.39, 0.29) is 29.5 Å². The van der Waals surface area contributed by atoms with Gasteiger partial charge in [0, 0.05) is 11.9 Å². The lowest BCUT2D eigenvalue weighted by molar-refractivity contribution is -0.117. The van der Waals surface area contributed by atoms with Crippen LogP contribution < -0.4 is 9.03 Å². The number of phenols is 1. The molecule has 2 aromatic rings. The molecule has 24 heavy (non-hydrogen) atoms. The van der Waals surface area contributed by atoms with E-state index in [0.29, 0.717) is 11.7 Å². The molecule has 128 valence electrons. The number of imidazole rings is 1. The predicted molar refractivity (Wildman–Crippen MR) is 91.9 cm³/mol. The summed E-state index contributed by atoms with van der Waals surface area (Å²) in [7, 11) is 0. The molecule has 8 heteroatoms. The fraction of sp³-hybridized carbons (Fsp3) is 0.375. The summed E-state index contributed by atoms with van der Waals surface area (Å²) in [4.78, 5) is 18.7. The molecule has 0 spiro atoms. The third kappa shape index (κ3) is 3.33. The van der Waals surface area contributed by atoms with Crippen molar-refractivity contribution >= 4 is 23.7 Å². The summed E-state index contributed by atoms with van der Waals surface area (Å²) in [5.74, 6) is -0.0734. The van der Waals surface area contributed by atoms with Crippen molar-refractivity contribution in [2.45, 2.75) is 26.7 Å². The first-order valence-electron chi connectivity index (χ1n) is 7.74. The van der Waals surface area contributed by atoms with E-state index in [1.807, 2.05) is 0 Å². The Labute approximate surface area is 143 Å². The van der Waals surface area contributed by atoms with E-state index >= 15 is 0 Å². The third-order valence-electron chi connectivity index (χ3n) is 3.78. The first kappa shape index (κ1) is 16.6. The maximum Gasteiger partial charge on any atom is 0.251 e. The summed E-state index contributed by atoms with van der Waals surface area (Å²) < 4.78 is 18.8. The second-order valence-corrected chi connectivity index (χ2v) is 6.97. The topological polar surface area (TPSA) is 81.2 Å². The molecule has 1 aromatic carbocycles. The minimum absolute atomic E-state index is 0.0175. The Morgan fingerprint density at radius 2 is 2.25 bits per heavy atom. The molecule has 1 aromatic heterocycles. The van der Waals surface area contributed by atoms with Gasteiger partial charge in [-0.2, -0.15) is 0 Å². The van der Waals surface area contributed by atoms with Crippen molar-refractivity contribution in [1.82, 2.24) is 14.7 Å². The summed E-state index contributed by atoms with van der Waals surface area (Å²) in [5.41, 5.74) is 1.19. The number of aromatic nitrogens is 2. The van der Waals surface area contributed by atoms with E-state index in [0.717, 1.165) is 30.7 Å². The van der Waals surface area contributed by atoms with Crippen LogP contribution in [0, 0.1) is 11.7 Å². The van der Waals surface area contributed by atoms with Gasteiger partial charge < -0.3 is 10.1 Å². The quantitative estimate of drug-likeness (QED) is 0.722. The van der Waals surface area contributed by atoms with Crippen molar-refractivity contribution in [3.8, 4) is 17.1 Å². The van der Waals surface area contributed by atoms with Crippen molar-refractivity contribution in [1.29, 1.82) is 0 Å². The van der Waals surface area contributed by atoms with Gasteiger partial charge in [0.25, 0.3) is 5.91 Å². The van der Waals surface area contributed by atoms with Crippen LogP contribution in [0.2, 0.25) is 0 Å². The number of nitrogens with zero attached hydrogens (tertiary/aromatic N) is 2. The molecule has 0 unspecified atom stereocenters. The number of aryl methyl sites for hydroxylation is 1. The van der Waals surface area contributed by atoms with E-state index in [1.54, 1.807) is 6.20 Å². The van der Waals surface area contributed by atoms with E-state index in [4.69, 9.17) is 0 Å². The van der Waals surface area contributed by atoms with Crippen LogP contribution in [0.1, 0.15) is 26.0 Å². The number of aromatic amines is 1. The molecule has 0 radical (unpaired) electrons. The number of anilines is 1. The first-order valence-corrected chi connectivity index (χ1v) is 8.52. The van der Waals surface area contributed by atoms with Gasteiger partial charge in [-0.1, -0.05) is 13.8 Å². The van der Waals surface area contributed by atoms with Gasteiger partial charge in [0.2, 0.25) is 0 Å². The number of phenolic OH excluding ortho intramolecular Hbond substituents is 1. The summed E-state index contributed by atoms with van der Waals surface area (Å²) in [6.07, 6.45) is 3.57. The monoisotopic (exact) mass is 350 g/mol. The highest BCUT2D eigenvalue weighted by atomic mass is 32.2. The Hall–Kier alpha value is -2.22. The molecule has 1 amide bonds. The molecule has 0 aliphatic carbocycles. The average Bonchev–Trinajstić information content (AvgIpc) is 3.15. The van der Waals surface area contributed by atoms with Gasteiger partial charge in [-0.15, -0.1) is 0 Å². The van der Waals surface area contributed by atoms with Crippen LogP contribution in [0.5, 0.6) is 5.75 Å². The van der Waals surface area contributed by atoms with Crippen LogP contribution in [-0.2, 0) is 11.2 Å². The minimum atomic E-state index is -0.608. The Bertz CT molecular complexity index is 763. The van der Waals surface area contributed by atoms with Crippen molar-refractivity contribution in [2.75, 3.05) is 10.8 Å². The Morgan fingerprint density at radius 1 is 1.46 bits per heavy atom. The number of carbonyl (C=O) groups is 1. The first-order chi connectivity index (χ1) is 11.5. The van der Waals surface area contributed by atoms with Crippen LogP contribution in [0.15, 0.2) is 18.3 Å². The second kappa shape index (κ2) is 6.72. The second-order valence-electron chi connectivity index (χ2n) is 6.14. The zero-order valence-corrected chi connectivity index (χ0v) is 14.3. The minimum Gasteiger partial charge on any atom is -0.506 e. The molecule has 1 aliphatic rings. The van der Waals surface area contributed by atoms with Gasteiger partial charge in [-0.25, -0.2) is 9.37 Å². The highest BCUT2D eigenvalue weighted by Gasteiger charge is 2.28. The summed E-state index contributed by atoms with van der Waals surface area (Å²) >= 11 is 0.956. The molecule has 0 atom stereocenters. The van der Waals surface area contributed by atoms with Gasteiger partial charge in [-0.3, -0.25) is 13.8 Å². The normalized spacial score (nSPS) is 14.5. The summed E-state index contributed by atoms with van der Waals surface area (Å²) in [5, 5.41) is 10.00. The molecule has 0 saturated carbocycles. The predicted octanol–water partition coefficient (Wildman–Crippen LogP) is 3.01. The number of rotatable bonds is 5. The van der Waals surface area contributed by atoms with Crippen LogP contribution >= 0.6 is 12.1 Å². The van der Waals surface area contributed by atoms with Gasteiger partial charge in [0.1, 0.15) is 23.8 Å². The number of benzene rings is 1. The number of hydrogen-bond acceptors (Lipinski definition) is 5. The molecule has 1 saturated heterocycles. The highest BCUT2D eigenvalue weighted by Crippen LogP contribution is 2.39. The maximum atomic E-state index is 14.9. The lowest BCUT2D eigenvalue weighted by Gasteiger charge is -2.17. The van der Waals surface area contributed by atoms with E-state index in [9.17, 15) is 14.3 Å². The maximum absolute atomic E-state index is 14.9. The Morgan fingerprint density at radius 3 is 2.92 bits per heavy atom. The van der Waals surface area contributed by atoms with Gasteiger partial charge in [-0.05, 0) is 30.9 Å². The number of halogens is 1. The smallest absolute Gasteiger partial charge is 0.251 e. The van der Waals surface area contributed by atoms with Crippen LogP contribution in [0.3, 0.4) is 0 Å². The molecule has 6 nitrogen and oxygen atoms in total. The molecule has 0 bridgehead atoms. The fourth-order valence-corrected chi connectivity index (χ4v) is 3.19. The van der Waals surface area contributed by atoms with Crippen molar-refractivity contribution in [3.63, 3.8) is 0 Å². The average molecular weight is 350 g/mol. The van der Waals surface area contributed by atoms with E-state index in [2.05, 4.69) is 28.5 Å². The molecule has 1 aliphatic heterocycles. The Kier molecular flexibility index (Phi) is 4.66. The molecule has 3 N–H and O–H groups in total. The number of hydrogen-bond donors (Lipinski definition) is 3. The van der Waals surface area contributed by atoms with Crippen molar-refractivity contribution in [2.24, 2.45) is 5.92 Å². The van der Waals surface area contributed by atoms with Gasteiger partial charge in [0.15, 0.2) is 5.82 Å². The standard InChI is InChI=1S/C16H19FN4O2S/c1-9(2)3-4-10-7-18-16(19-10)11-5-6-12(22)15(14(11)17)21-8-13(23)20-24-21/h5-7,9,22H,3-4,8H2,1-2H3,(H,18,19)(H,20,23). The zero-order valence-electron chi connectivity index (χ0n) is 13.5. The van der Waals surface area contributed by atoms with Gasteiger partial charge >= 0.3 is 0 Å². The van der Waals surface area contributed by atoms with Crippen LogP contribution in [0.25, 0.3) is 11.4 Å². The Balaban J connectivity index is 1.90. The fourth-order valence-electron chi connectivity index (χ4n) is 2.47. The molecule has 1 fully saturated rings. The number of carbonyl (C=O) groups excluding carboxylic acids is 1. The number of nitrogens with one attached hydrogen (secondary N) is 2. The SMILES string of the molecule is CC(C)CCc1cnc(-c2ccc(O)c(N3CC(=O)NS3)c2F)[nH]1. The van der Waals surface area contributed by atoms with Crippen molar-refractivity contribution < 1.29 is 14.3 Å². The summed E-state index contributed by atoms with van der Waals surface area (Å²) in [6.45, 7) is 4.27. The van der Waals surface area contributed by atoms with Crippen LogP contribution in [0.4, 0.5) is 10.1 Å². The number of amides is 1. The summed E-state index contributed by atoms with van der Waals surface area (Å²) in [6, 6.07) is 2.89. The lowest BCUT2D eigenvalue weighted by atomic mass is 10.1. The van der Waals surface area contributed by atoms with E-state index in [1.165, 1.54) is 16.4 Å². The van der Waals surface area contributed by atoms with E-state index < -0.39 is 5.82 Å². The largest absolute Gasteiger partial charge is 0.506 e. The zero-order chi connectivity index (χ0) is 17.3. The van der Waals surface area contributed by atoms with Crippen LogP contribution in [-0.4, -0.2) is 27.5 Å². The van der Waals surface area contributed by atoms with Gasteiger partial charge in [0.05, 0.1) is 17.7 Å². The third-order valence-corrected chi connectivity index (χ3v) is 4.63. The highest BCUT2D eigenvalue weighted by molar-refractivity contribution is 7.99. The molecule has 2 heterocycles. The number of H-pyrrole nitrogens is 1. The molecule has 3 rings (SSSR count). The van der Waals surface area contributed by atoms with Crippen molar-refractivity contribution in [3.05, 3.63) is 29.8 Å².